The van der Waals surface area contributed by atoms with E-state index >= 15 is 0 Å². The van der Waals surface area contributed by atoms with Gasteiger partial charge >= 0.3 is 0 Å². The first-order chi connectivity index (χ1) is 7.49. The van der Waals surface area contributed by atoms with Gasteiger partial charge in [0, 0.05) is 27.2 Å². The van der Waals surface area contributed by atoms with Crippen molar-refractivity contribution in [3.63, 3.8) is 0 Å². The zero-order valence-corrected chi connectivity index (χ0v) is 10.5. The number of hydrogen-bond donors (Lipinski definition) is 0. The second-order valence-electron chi connectivity index (χ2n) is 4.44. The van der Waals surface area contributed by atoms with Crippen molar-refractivity contribution in [3.05, 3.63) is 0 Å². The number of ether oxygens (including phenoxy) is 2. The Balaban J connectivity index is 2.30. The standard InChI is InChI=1S/C9H18N2O4S/c1-10(2)16(12,13)11-4-6-15-8-9(11)3-5-14-7-9/h3-8H2,1-2H3. The van der Waals surface area contributed by atoms with Crippen LogP contribution in [0.5, 0.6) is 0 Å². The molecular formula is C9H18N2O4S. The van der Waals surface area contributed by atoms with E-state index in [1.54, 1.807) is 14.1 Å². The molecular weight excluding hydrogens is 232 g/mol. The fourth-order valence-corrected chi connectivity index (χ4v) is 3.57. The average Bonchev–Trinajstić information content (AvgIpc) is 2.67. The van der Waals surface area contributed by atoms with Crippen molar-refractivity contribution in [1.82, 2.24) is 8.61 Å². The summed E-state index contributed by atoms with van der Waals surface area (Å²) in [4.78, 5) is 0. The van der Waals surface area contributed by atoms with E-state index in [2.05, 4.69) is 0 Å². The van der Waals surface area contributed by atoms with Gasteiger partial charge in [-0.25, -0.2) is 0 Å². The van der Waals surface area contributed by atoms with E-state index in [9.17, 15) is 8.42 Å². The molecule has 1 unspecified atom stereocenters. The predicted molar refractivity (Wildman–Crippen MR) is 58.3 cm³/mol. The molecule has 6 nitrogen and oxygen atoms in total. The van der Waals surface area contributed by atoms with Gasteiger partial charge in [0.2, 0.25) is 0 Å². The Kier molecular flexibility index (Phi) is 3.24. The minimum Gasteiger partial charge on any atom is -0.379 e. The van der Waals surface area contributed by atoms with Gasteiger partial charge < -0.3 is 9.47 Å². The third-order valence-corrected chi connectivity index (χ3v) is 5.21. The molecule has 2 aliphatic rings. The van der Waals surface area contributed by atoms with E-state index in [4.69, 9.17) is 9.47 Å². The van der Waals surface area contributed by atoms with Crippen molar-refractivity contribution in [3.8, 4) is 0 Å². The Morgan fingerprint density at radius 3 is 2.31 bits per heavy atom. The molecule has 0 radical (unpaired) electrons. The van der Waals surface area contributed by atoms with Crippen LogP contribution >= 0.6 is 0 Å². The lowest BCUT2D eigenvalue weighted by Crippen LogP contribution is -2.61. The molecule has 16 heavy (non-hydrogen) atoms. The topological polar surface area (TPSA) is 59.1 Å². The molecule has 0 aromatic heterocycles. The molecule has 0 bridgehead atoms. The molecule has 0 aliphatic carbocycles. The van der Waals surface area contributed by atoms with Crippen molar-refractivity contribution in [2.75, 3.05) is 47.1 Å². The number of nitrogens with zero attached hydrogens (tertiary/aromatic N) is 2. The van der Waals surface area contributed by atoms with Gasteiger partial charge in [0.1, 0.15) is 0 Å². The summed E-state index contributed by atoms with van der Waals surface area (Å²) in [5.74, 6) is 0. The maximum atomic E-state index is 12.2. The number of morpholine rings is 1. The Hall–Kier alpha value is -0.210. The van der Waals surface area contributed by atoms with Crippen LogP contribution in [0, 0.1) is 0 Å². The summed E-state index contributed by atoms with van der Waals surface area (Å²) in [6, 6.07) is 0. The van der Waals surface area contributed by atoms with Gasteiger partial charge in [-0.15, -0.1) is 0 Å². The van der Waals surface area contributed by atoms with Crippen LogP contribution in [0.4, 0.5) is 0 Å². The SMILES string of the molecule is CN(C)S(=O)(=O)N1CCOCC12CCOC2. The lowest BCUT2D eigenvalue weighted by Gasteiger charge is -2.43. The van der Waals surface area contributed by atoms with E-state index in [0.29, 0.717) is 39.4 Å². The van der Waals surface area contributed by atoms with Crippen LogP contribution in [0.25, 0.3) is 0 Å². The van der Waals surface area contributed by atoms with E-state index < -0.39 is 15.7 Å². The highest BCUT2D eigenvalue weighted by atomic mass is 32.2. The highest BCUT2D eigenvalue weighted by Crippen LogP contribution is 2.32. The van der Waals surface area contributed by atoms with Crippen LogP contribution < -0.4 is 0 Å². The van der Waals surface area contributed by atoms with Gasteiger partial charge in [0.25, 0.3) is 10.2 Å². The summed E-state index contributed by atoms with van der Waals surface area (Å²) in [6.45, 7) is 2.32. The minimum atomic E-state index is -3.39. The molecule has 1 spiro atoms. The molecule has 2 rings (SSSR count). The highest BCUT2D eigenvalue weighted by Gasteiger charge is 2.49. The van der Waals surface area contributed by atoms with Crippen LogP contribution in [-0.2, 0) is 19.7 Å². The van der Waals surface area contributed by atoms with Crippen molar-refractivity contribution < 1.29 is 17.9 Å². The minimum absolute atomic E-state index is 0.407. The molecule has 2 fully saturated rings. The van der Waals surface area contributed by atoms with Crippen molar-refractivity contribution in [2.24, 2.45) is 0 Å². The zero-order valence-electron chi connectivity index (χ0n) is 9.68. The summed E-state index contributed by atoms with van der Waals surface area (Å²) in [5, 5.41) is 0. The maximum absolute atomic E-state index is 12.2. The molecule has 0 saturated carbocycles. The summed E-state index contributed by atoms with van der Waals surface area (Å²) < 4.78 is 37.9. The molecule has 0 N–H and O–H groups in total. The first-order valence-corrected chi connectivity index (χ1v) is 6.75. The lowest BCUT2D eigenvalue weighted by atomic mass is 9.99. The van der Waals surface area contributed by atoms with Crippen molar-refractivity contribution in [1.29, 1.82) is 0 Å². The second kappa shape index (κ2) is 4.23. The van der Waals surface area contributed by atoms with Crippen LogP contribution in [-0.4, -0.2) is 69.6 Å². The Morgan fingerprint density at radius 2 is 1.81 bits per heavy atom. The Bertz CT molecular complexity index is 349. The van der Waals surface area contributed by atoms with Gasteiger partial charge in [0.05, 0.1) is 25.4 Å². The molecule has 2 saturated heterocycles. The third-order valence-electron chi connectivity index (χ3n) is 3.16. The highest BCUT2D eigenvalue weighted by molar-refractivity contribution is 7.86. The normalized spacial score (nSPS) is 32.7. The van der Waals surface area contributed by atoms with Gasteiger partial charge in [-0.3, -0.25) is 0 Å². The summed E-state index contributed by atoms with van der Waals surface area (Å²) in [5.41, 5.74) is -0.485. The molecule has 94 valence electrons. The van der Waals surface area contributed by atoms with Crippen LogP contribution in [0.3, 0.4) is 0 Å². The Morgan fingerprint density at radius 1 is 1.19 bits per heavy atom. The number of hydrogen-bond acceptors (Lipinski definition) is 4. The van der Waals surface area contributed by atoms with Gasteiger partial charge in [-0.05, 0) is 6.42 Å². The molecule has 0 aromatic rings. The molecule has 1 atom stereocenters. The first kappa shape index (κ1) is 12.3. The lowest BCUT2D eigenvalue weighted by molar-refractivity contribution is -0.0312. The smallest absolute Gasteiger partial charge is 0.282 e. The van der Waals surface area contributed by atoms with Gasteiger partial charge in [-0.1, -0.05) is 0 Å². The van der Waals surface area contributed by atoms with Gasteiger partial charge in [-0.2, -0.15) is 17.0 Å². The quantitative estimate of drug-likeness (QED) is 0.649. The van der Waals surface area contributed by atoms with Crippen LogP contribution in [0.15, 0.2) is 0 Å². The largest absolute Gasteiger partial charge is 0.379 e. The fourth-order valence-electron chi connectivity index (χ4n) is 2.18. The molecule has 0 aromatic carbocycles. The summed E-state index contributed by atoms with van der Waals surface area (Å²) in [6.07, 6.45) is 0.708. The molecule has 2 heterocycles. The number of rotatable bonds is 2. The fraction of sp³-hybridized carbons (Fsp3) is 1.00. The zero-order chi connectivity index (χ0) is 11.8. The van der Waals surface area contributed by atoms with Crippen molar-refractivity contribution >= 4 is 10.2 Å². The summed E-state index contributed by atoms with van der Waals surface area (Å²) in [7, 11) is -0.285. The van der Waals surface area contributed by atoms with E-state index in [1.165, 1.54) is 8.61 Å². The van der Waals surface area contributed by atoms with Gasteiger partial charge in [0.15, 0.2) is 0 Å². The first-order valence-electron chi connectivity index (χ1n) is 5.35. The molecule has 0 amide bonds. The van der Waals surface area contributed by atoms with E-state index in [1.807, 2.05) is 0 Å². The van der Waals surface area contributed by atoms with Crippen molar-refractivity contribution in [2.45, 2.75) is 12.0 Å². The summed E-state index contributed by atoms with van der Waals surface area (Å²) >= 11 is 0. The Labute approximate surface area is 96.3 Å². The van der Waals surface area contributed by atoms with E-state index in [0.717, 1.165) is 0 Å². The maximum Gasteiger partial charge on any atom is 0.282 e. The predicted octanol–water partition coefficient (Wildman–Crippen LogP) is -0.716. The second-order valence-corrected chi connectivity index (χ2v) is 6.51. The van der Waals surface area contributed by atoms with E-state index in [-0.39, 0.29) is 0 Å². The monoisotopic (exact) mass is 250 g/mol. The molecule has 2 aliphatic heterocycles. The van der Waals surface area contributed by atoms with Crippen LogP contribution in [0.2, 0.25) is 0 Å². The average molecular weight is 250 g/mol. The third kappa shape index (κ3) is 1.86. The molecule has 7 heteroatoms. The van der Waals surface area contributed by atoms with Crippen LogP contribution in [0.1, 0.15) is 6.42 Å².